The van der Waals surface area contributed by atoms with Gasteiger partial charge in [0.2, 0.25) is 0 Å². The molecule has 0 fully saturated rings. The molecule has 0 aromatic rings. The fraction of sp³-hybridized carbons (Fsp3) is 0.900. The number of unbranched alkanes of at least 4 members (excludes halogenated alkanes) is 4. The predicted octanol–water partition coefficient (Wildman–Crippen LogP) is 3.64. The zero-order valence-electron chi connectivity index (χ0n) is 8.47. The van der Waals surface area contributed by atoms with Gasteiger partial charge in [-0.15, -0.1) is 0 Å². The molecule has 0 bridgehead atoms. The summed E-state index contributed by atoms with van der Waals surface area (Å²) >= 11 is 0. The Morgan fingerprint density at radius 2 is 1.50 bits per heavy atom. The smallest absolute Gasteiger partial charge is 0.870 e. The summed E-state index contributed by atoms with van der Waals surface area (Å²) in [6.07, 6.45) is 8.04. The van der Waals surface area contributed by atoms with Gasteiger partial charge in [-0.2, -0.15) is 6.42 Å². The summed E-state index contributed by atoms with van der Waals surface area (Å²) in [7, 11) is 0. The molecule has 12 heavy (non-hydrogen) atoms. The van der Waals surface area contributed by atoms with Gasteiger partial charge in [-0.05, 0) is 5.92 Å². The molecule has 0 unspecified atom stereocenters. The third-order valence-corrected chi connectivity index (χ3v) is 1.78. The Labute approximate surface area is 92.5 Å². The van der Waals surface area contributed by atoms with Crippen molar-refractivity contribution in [3.05, 3.63) is 6.92 Å². The van der Waals surface area contributed by atoms with Crippen LogP contribution in [0.2, 0.25) is 0 Å². The molecule has 1 N–H and O–H groups in total. The van der Waals surface area contributed by atoms with Gasteiger partial charge in [-0.1, -0.05) is 46.0 Å². The van der Waals surface area contributed by atoms with Crippen LogP contribution in [0.4, 0.5) is 0 Å². The molecule has 0 amide bonds. The molecule has 0 aromatic carbocycles. The summed E-state index contributed by atoms with van der Waals surface area (Å²) in [5, 5.41) is 0. The molecule has 0 spiro atoms. The van der Waals surface area contributed by atoms with E-state index in [0.29, 0.717) is 0 Å². The van der Waals surface area contributed by atoms with Crippen molar-refractivity contribution in [3.8, 4) is 0 Å². The minimum atomic E-state index is 0. The van der Waals surface area contributed by atoms with Crippen molar-refractivity contribution in [2.24, 2.45) is 5.92 Å². The topological polar surface area (TPSA) is 30.0 Å². The Hall–Kier alpha value is 0.674. The third-order valence-electron chi connectivity index (χ3n) is 1.78. The Morgan fingerprint density at radius 3 is 1.92 bits per heavy atom. The molecule has 1 nitrogen and oxygen atoms in total. The second kappa shape index (κ2) is 14.2. The minimum absolute atomic E-state index is 0. The molecule has 0 radical (unpaired) electrons. The van der Waals surface area contributed by atoms with Crippen molar-refractivity contribution < 1.29 is 27.2 Å². The molecule has 0 aliphatic carbocycles. The monoisotopic (exact) mass is 206 g/mol. The standard InChI is InChI=1S/C10H21.H2O.Ti/c1-4-5-6-7-8-9-10(2)3;;/h10H,1,4-9H2,2-3H3;1H2;/q-1;;+2/p-1. The Morgan fingerprint density at radius 1 is 1.00 bits per heavy atom. The SMILES string of the molecule is [CH2-]CCCCCCC(C)C.[OH-].[Ti+2]. The molecule has 0 rings (SSSR count). The van der Waals surface area contributed by atoms with Crippen molar-refractivity contribution in [2.45, 2.75) is 52.4 Å². The maximum absolute atomic E-state index is 3.82. The van der Waals surface area contributed by atoms with E-state index in [1.807, 2.05) is 0 Å². The van der Waals surface area contributed by atoms with Crippen molar-refractivity contribution in [2.75, 3.05) is 0 Å². The summed E-state index contributed by atoms with van der Waals surface area (Å²) in [6.45, 7) is 8.40. The van der Waals surface area contributed by atoms with Crippen LogP contribution >= 0.6 is 0 Å². The fourth-order valence-electron chi connectivity index (χ4n) is 1.08. The van der Waals surface area contributed by atoms with Crippen LogP contribution < -0.4 is 0 Å². The molecule has 0 saturated carbocycles. The maximum atomic E-state index is 3.82. The number of rotatable bonds is 6. The summed E-state index contributed by atoms with van der Waals surface area (Å²) in [5.41, 5.74) is 0. The third kappa shape index (κ3) is 17.0. The second-order valence-electron chi connectivity index (χ2n) is 3.45. The molecule has 2 heteroatoms. The maximum Gasteiger partial charge on any atom is 2.00 e. The number of hydrogen-bond donors (Lipinski definition) is 0. The van der Waals surface area contributed by atoms with E-state index >= 15 is 0 Å². The van der Waals surface area contributed by atoms with E-state index in [1.54, 1.807) is 0 Å². The number of hydrogen-bond acceptors (Lipinski definition) is 1. The molecular weight excluding hydrogens is 184 g/mol. The van der Waals surface area contributed by atoms with Crippen LogP contribution in [0.25, 0.3) is 0 Å². The van der Waals surface area contributed by atoms with E-state index in [4.69, 9.17) is 0 Å². The van der Waals surface area contributed by atoms with Gasteiger partial charge in [-0.25, -0.2) is 0 Å². The van der Waals surface area contributed by atoms with E-state index in [0.717, 1.165) is 12.3 Å². The average Bonchev–Trinajstić information content (AvgIpc) is 1.87. The van der Waals surface area contributed by atoms with Crippen molar-refractivity contribution in [1.29, 1.82) is 0 Å². The quantitative estimate of drug-likeness (QED) is 0.370. The first-order valence-electron chi connectivity index (χ1n) is 4.56. The van der Waals surface area contributed by atoms with Gasteiger partial charge in [-0.3, -0.25) is 0 Å². The van der Waals surface area contributed by atoms with Gasteiger partial charge in [0.25, 0.3) is 0 Å². The average molecular weight is 206 g/mol. The summed E-state index contributed by atoms with van der Waals surface area (Å²) < 4.78 is 0. The van der Waals surface area contributed by atoms with Crippen LogP contribution in [0.1, 0.15) is 52.4 Å². The Kier molecular flexibility index (Phi) is 21.9. The molecule has 72 valence electrons. The molecule has 0 aromatic heterocycles. The van der Waals surface area contributed by atoms with Gasteiger partial charge in [0.05, 0.1) is 0 Å². The van der Waals surface area contributed by atoms with E-state index in [1.165, 1.54) is 32.1 Å². The molecule has 0 saturated heterocycles. The summed E-state index contributed by atoms with van der Waals surface area (Å²) in [4.78, 5) is 0. The molecular formula is C10H22OTi. The largest absolute Gasteiger partial charge is 2.00 e. The van der Waals surface area contributed by atoms with Crippen LogP contribution in [0, 0.1) is 12.8 Å². The van der Waals surface area contributed by atoms with Crippen LogP contribution in [0.5, 0.6) is 0 Å². The van der Waals surface area contributed by atoms with Crippen molar-refractivity contribution in [1.82, 2.24) is 0 Å². The fourth-order valence-corrected chi connectivity index (χ4v) is 1.08. The second-order valence-corrected chi connectivity index (χ2v) is 3.45. The van der Waals surface area contributed by atoms with Crippen molar-refractivity contribution in [3.63, 3.8) is 0 Å². The van der Waals surface area contributed by atoms with E-state index in [-0.39, 0.29) is 27.2 Å². The molecule has 0 heterocycles. The van der Waals surface area contributed by atoms with Gasteiger partial charge >= 0.3 is 21.7 Å². The van der Waals surface area contributed by atoms with E-state index in [9.17, 15) is 0 Å². The van der Waals surface area contributed by atoms with Crippen LogP contribution in [-0.4, -0.2) is 5.48 Å². The Bertz CT molecular complexity index is 64.9. The summed E-state index contributed by atoms with van der Waals surface area (Å²) in [5.74, 6) is 0.889. The predicted molar refractivity (Wildman–Crippen MR) is 49.8 cm³/mol. The van der Waals surface area contributed by atoms with Gasteiger partial charge in [0.1, 0.15) is 0 Å². The van der Waals surface area contributed by atoms with E-state index < -0.39 is 0 Å². The first-order valence-corrected chi connectivity index (χ1v) is 4.56. The molecule has 0 aliphatic rings. The molecule has 0 atom stereocenters. The first kappa shape index (κ1) is 18.5. The zero-order valence-corrected chi connectivity index (χ0v) is 10.0. The van der Waals surface area contributed by atoms with Gasteiger partial charge < -0.3 is 12.4 Å². The van der Waals surface area contributed by atoms with Crippen LogP contribution in [-0.2, 0) is 21.7 Å². The normalized spacial score (nSPS) is 9.00. The Balaban J connectivity index is -0.000000405. The van der Waals surface area contributed by atoms with Gasteiger partial charge in [0, 0.05) is 0 Å². The van der Waals surface area contributed by atoms with Gasteiger partial charge in [0.15, 0.2) is 0 Å². The molecule has 0 aliphatic heterocycles. The van der Waals surface area contributed by atoms with E-state index in [2.05, 4.69) is 20.8 Å². The van der Waals surface area contributed by atoms with Crippen LogP contribution in [0.15, 0.2) is 0 Å². The van der Waals surface area contributed by atoms with Crippen LogP contribution in [0.3, 0.4) is 0 Å². The van der Waals surface area contributed by atoms with Crippen molar-refractivity contribution >= 4 is 0 Å². The first-order chi connectivity index (χ1) is 4.77. The zero-order chi connectivity index (χ0) is 7.82. The summed E-state index contributed by atoms with van der Waals surface area (Å²) in [6, 6.07) is 0. The minimum Gasteiger partial charge on any atom is -0.870 e.